The van der Waals surface area contributed by atoms with Gasteiger partial charge in [-0.3, -0.25) is 4.90 Å². The SMILES string of the molecule is CNCC1CCCN1Cc1ccc2c(c1)OCCO2.Cl. The summed E-state index contributed by atoms with van der Waals surface area (Å²) in [5.74, 6) is 1.77. The zero-order valence-electron chi connectivity index (χ0n) is 11.9. The highest BCUT2D eigenvalue weighted by atomic mass is 35.5. The summed E-state index contributed by atoms with van der Waals surface area (Å²) in [4.78, 5) is 2.56. The van der Waals surface area contributed by atoms with Crippen LogP contribution in [0.25, 0.3) is 0 Å². The Hall–Kier alpha value is -0.970. The van der Waals surface area contributed by atoms with Gasteiger partial charge in [-0.15, -0.1) is 12.4 Å². The Morgan fingerprint density at radius 3 is 2.85 bits per heavy atom. The van der Waals surface area contributed by atoms with E-state index in [0.29, 0.717) is 19.3 Å². The maximum Gasteiger partial charge on any atom is 0.161 e. The molecule has 1 fully saturated rings. The van der Waals surface area contributed by atoms with Crippen molar-refractivity contribution in [3.05, 3.63) is 23.8 Å². The summed E-state index contributed by atoms with van der Waals surface area (Å²) < 4.78 is 11.2. The van der Waals surface area contributed by atoms with Gasteiger partial charge < -0.3 is 14.8 Å². The number of ether oxygens (including phenoxy) is 2. The van der Waals surface area contributed by atoms with Crippen molar-refractivity contribution in [1.29, 1.82) is 0 Å². The first-order chi connectivity index (χ1) is 9.36. The van der Waals surface area contributed by atoms with Crippen LogP contribution in [-0.2, 0) is 6.54 Å². The Labute approximate surface area is 126 Å². The van der Waals surface area contributed by atoms with Gasteiger partial charge in [-0.25, -0.2) is 0 Å². The quantitative estimate of drug-likeness (QED) is 0.923. The van der Waals surface area contributed by atoms with Crippen molar-refractivity contribution in [3.63, 3.8) is 0 Å². The number of halogens is 1. The molecule has 4 nitrogen and oxygen atoms in total. The van der Waals surface area contributed by atoms with Crippen molar-refractivity contribution in [1.82, 2.24) is 10.2 Å². The molecule has 20 heavy (non-hydrogen) atoms. The minimum absolute atomic E-state index is 0. The second kappa shape index (κ2) is 7.16. The van der Waals surface area contributed by atoms with Gasteiger partial charge in [-0.05, 0) is 44.1 Å². The molecule has 0 spiro atoms. The lowest BCUT2D eigenvalue weighted by Crippen LogP contribution is -2.36. The third-order valence-electron chi connectivity index (χ3n) is 3.93. The van der Waals surface area contributed by atoms with E-state index in [1.54, 1.807) is 0 Å². The third-order valence-corrected chi connectivity index (χ3v) is 3.93. The summed E-state index contributed by atoms with van der Waals surface area (Å²) >= 11 is 0. The van der Waals surface area contributed by atoms with Crippen molar-refractivity contribution >= 4 is 12.4 Å². The molecule has 0 amide bonds. The van der Waals surface area contributed by atoms with Gasteiger partial charge in [-0.2, -0.15) is 0 Å². The zero-order chi connectivity index (χ0) is 13.1. The monoisotopic (exact) mass is 298 g/mol. The van der Waals surface area contributed by atoms with Crippen LogP contribution in [0.2, 0.25) is 0 Å². The van der Waals surface area contributed by atoms with E-state index in [-0.39, 0.29) is 12.4 Å². The fourth-order valence-electron chi connectivity index (χ4n) is 2.99. The maximum atomic E-state index is 5.65. The predicted molar refractivity (Wildman–Crippen MR) is 82.0 cm³/mol. The number of fused-ring (bicyclic) bond motifs is 1. The third kappa shape index (κ3) is 3.37. The summed E-state index contributed by atoms with van der Waals surface area (Å²) in [7, 11) is 2.03. The van der Waals surface area contributed by atoms with Gasteiger partial charge in [0, 0.05) is 19.1 Å². The fraction of sp³-hybridized carbons (Fsp3) is 0.600. The lowest BCUT2D eigenvalue weighted by atomic mass is 10.1. The second-order valence-corrected chi connectivity index (χ2v) is 5.30. The maximum absolute atomic E-state index is 5.65. The predicted octanol–water partition coefficient (Wildman–Crippen LogP) is 2.06. The van der Waals surface area contributed by atoms with E-state index in [0.717, 1.165) is 24.6 Å². The van der Waals surface area contributed by atoms with Crippen molar-refractivity contribution in [3.8, 4) is 11.5 Å². The molecular weight excluding hydrogens is 276 g/mol. The lowest BCUT2D eigenvalue weighted by molar-refractivity contribution is 0.171. The Bertz CT molecular complexity index is 442. The molecule has 1 aromatic carbocycles. The van der Waals surface area contributed by atoms with Crippen LogP contribution in [0, 0.1) is 0 Å². The van der Waals surface area contributed by atoms with Gasteiger partial charge >= 0.3 is 0 Å². The summed E-state index contributed by atoms with van der Waals surface area (Å²) in [5.41, 5.74) is 1.31. The smallest absolute Gasteiger partial charge is 0.161 e. The van der Waals surface area contributed by atoms with Crippen LogP contribution >= 0.6 is 12.4 Å². The molecule has 0 bridgehead atoms. The summed E-state index contributed by atoms with van der Waals surface area (Å²) in [6, 6.07) is 6.98. The minimum Gasteiger partial charge on any atom is -0.486 e. The molecule has 2 aliphatic rings. The number of likely N-dealkylation sites (tertiary alicyclic amines) is 1. The minimum atomic E-state index is 0. The van der Waals surface area contributed by atoms with Crippen molar-refractivity contribution < 1.29 is 9.47 Å². The highest BCUT2D eigenvalue weighted by Gasteiger charge is 2.24. The number of hydrogen-bond acceptors (Lipinski definition) is 4. The molecule has 0 aliphatic carbocycles. The van der Waals surface area contributed by atoms with Crippen LogP contribution in [-0.4, -0.2) is 44.3 Å². The molecule has 2 aliphatic heterocycles. The van der Waals surface area contributed by atoms with Crippen LogP contribution < -0.4 is 14.8 Å². The molecule has 2 heterocycles. The topological polar surface area (TPSA) is 33.7 Å². The average molecular weight is 299 g/mol. The van der Waals surface area contributed by atoms with Crippen molar-refractivity contribution in [2.75, 3.05) is 33.4 Å². The highest BCUT2D eigenvalue weighted by Crippen LogP contribution is 2.31. The van der Waals surface area contributed by atoms with Crippen LogP contribution in [0.4, 0.5) is 0 Å². The number of benzene rings is 1. The summed E-state index contributed by atoms with van der Waals surface area (Å²) in [6.07, 6.45) is 2.60. The highest BCUT2D eigenvalue weighted by molar-refractivity contribution is 5.85. The van der Waals surface area contributed by atoms with E-state index in [4.69, 9.17) is 9.47 Å². The van der Waals surface area contributed by atoms with Crippen LogP contribution in [0.3, 0.4) is 0 Å². The van der Waals surface area contributed by atoms with Crippen LogP contribution in [0.5, 0.6) is 11.5 Å². The molecular formula is C15H23ClN2O2. The number of hydrogen-bond donors (Lipinski definition) is 1. The second-order valence-electron chi connectivity index (χ2n) is 5.30. The molecule has 5 heteroatoms. The van der Waals surface area contributed by atoms with Gasteiger partial charge in [0.25, 0.3) is 0 Å². The molecule has 1 N–H and O–H groups in total. The van der Waals surface area contributed by atoms with E-state index in [1.165, 1.54) is 24.9 Å². The Balaban J connectivity index is 0.00000147. The van der Waals surface area contributed by atoms with E-state index < -0.39 is 0 Å². The molecule has 112 valence electrons. The standard InChI is InChI=1S/C15H22N2O2.ClH/c1-16-10-13-3-2-6-17(13)11-12-4-5-14-15(9-12)19-8-7-18-14;/h4-5,9,13,16H,2-3,6-8,10-11H2,1H3;1H. The Kier molecular flexibility index (Phi) is 5.52. The van der Waals surface area contributed by atoms with Gasteiger partial charge in [0.15, 0.2) is 11.5 Å². The average Bonchev–Trinajstić information content (AvgIpc) is 2.86. The molecule has 0 radical (unpaired) electrons. The largest absolute Gasteiger partial charge is 0.486 e. The fourth-order valence-corrected chi connectivity index (χ4v) is 2.99. The molecule has 0 aromatic heterocycles. The molecule has 1 unspecified atom stereocenters. The molecule has 1 saturated heterocycles. The Morgan fingerprint density at radius 1 is 1.25 bits per heavy atom. The van der Waals surface area contributed by atoms with Gasteiger partial charge in [0.1, 0.15) is 13.2 Å². The van der Waals surface area contributed by atoms with E-state index in [2.05, 4.69) is 22.3 Å². The van der Waals surface area contributed by atoms with Crippen LogP contribution in [0.1, 0.15) is 18.4 Å². The molecule has 1 atom stereocenters. The first kappa shape index (κ1) is 15.4. The normalized spacial score (nSPS) is 21.6. The molecule has 0 saturated carbocycles. The number of nitrogens with zero attached hydrogens (tertiary/aromatic N) is 1. The van der Waals surface area contributed by atoms with Crippen molar-refractivity contribution in [2.24, 2.45) is 0 Å². The van der Waals surface area contributed by atoms with Gasteiger partial charge in [0.2, 0.25) is 0 Å². The first-order valence-electron chi connectivity index (χ1n) is 7.14. The Morgan fingerprint density at radius 2 is 2.05 bits per heavy atom. The lowest BCUT2D eigenvalue weighted by Gasteiger charge is -2.25. The number of likely N-dealkylation sites (N-methyl/N-ethyl adjacent to an activating group) is 1. The van der Waals surface area contributed by atoms with E-state index in [9.17, 15) is 0 Å². The summed E-state index contributed by atoms with van der Waals surface area (Å²) in [5, 5.41) is 3.29. The van der Waals surface area contributed by atoms with Gasteiger partial charge in [0.05, 0.1) is 0 Å². The molecule has 1 aromatic rings. The first-order valence-corrected chi connectivity index (χ1v) is 7.14. The van der Waals surface area contributed by atoms with E-state index >= 15 is 0 Å². The van der Waals surface area contributed by atoms with E-state index in [1.807, 2.05) is 13.1 Å². The number of rotatable bonds is 4. The van der Waals surface area contributed by atoms with Crippen molar-refractivity contribution in [2.45, 2.75) is 25.4 Å². The number of nitrogens with one attached hydrogen (secondary N) is 1. The summed E-state index contributed by atoms with van der Waals surface area (Å²) in [6.45, 7) is 4.58. The zero-order valence-corrected chi connectivity index (χ0v) is 12.7. The molecule has 3 rings (SSSR count). The van der Waals surface area contributed by atoms with Gasteiger partial charge in [-0.1, -0.05) is 6.07 Å². The van der Waals surface area contributed by atoms with Crippen LogP contribution in [0.15, 0.2) is 18.2 Å².